The fourth-order valence-electron chi connectivity index (χ4n) is 3.74. The summed E-state index contributed by atoms with van der Waals surface area (Å²) < 4.78 is 33.6. The lowest BCUT2D eigenvalue weighted by atomic mass is 10.0. The SMILES string of the molecule is CCC(Sc1nc(-c2ccc(OC)cc2)c(-c2ccc(OC)cc2)[nH]1)C(=O)Nc1ccc(S(N)(=O)=O)cc1. The van der Waals surface area contributed by atoms with Crippen LogP contribution < -0.4 is 19.9 Å². The van der Waals surface area contributed by atoms with Crippen LogP contribution in [0.25, 0.3) is 22.5 Å². The summed E-state index contributed by atoms with van der Waals surface area (Å²) in [5.41, 5.74) is 3.85. The standard InChI is InChI=1S/C27H28N4O5S2/c1-4-23(26(32)29-19-9-15-22(16-10-19)38(28,33)34)37-27-30-24(17-5-11-20(35-2)12-6-17)25(31-27)18-7-13-21(36-3)14-8-18/h5-16,23H,4H2,1-3H3,(H,29,32)(H,30,31)(H2,28,33,34). The molecule has 198 valence electrons. The number of ether oxygens (including phenoxy) is 2. The van der Waals surface area contributed by atoms with E-state index in [0.717, 1.165) is 34.0 Å². The number of benzene rings is 3. The van der Waals surface area contributed by atoms with Crippen LogP contribution in [0.15, 0.2) is 82.8 Å². The Morgan fingerprint density at radius 2 is 1.50 bits per heavy atom. The first-order valence-electron chi connectivity index (χ1n) is 11.7. The molecule has 9 nitrogen and oxygen atoms in total. The maximum Gasteiger partial charge on any atom is 0.238 e. The molecule has 0 saturated carbocycles. The molecule has 1 amide bonds. The highest BCUT2D eigenvalue weighted by atomic mass is 32.2. The molecular weight excluding hydrogens is 524 g/mol. The summed E-state index contributed by atoms with van der Waals surface area (Å²) in [6, 6.07) is 21.0. The summed E-state index contributed by atoms with van der Waals surface area (Å²) in [4.78, 5) is 21.3. The van der Waals surface area contributed by atoms with E-state index in [0.29, 0.717) is 17.3 Å². The number of aromatic nitrogens is 2. The molecule has 4 N–H and O–H groups in total. The van der Waals surface area contributed by atoms with Gasteiger partial charge in [0, 0.05) is 16.8 Å². The number of carbonyl (C=O) groups excluding carboxylic acids is 1. The maximum atomic E-state index is 13.1. The molecule has 1 heterocycles. The van der Waals surface area contributed by atoms with E-state index in [1.807, 2.05) is 55.5 Å². The topological polar surface area (TPSA) is 136 Å². The number of thioether (sulfide) groups is 1. The van der Waals surface area contributed by atoms with Crippen LogP contribution in [0.3, 0.4) is 0 Å². The summed E-state index contributed by atoms with van der Waals surface area (Å²) in [5.74, 6) is 1.26. The Morgan fingerprint density at radius 1 is 0.947 bits per heavy atom. The van der Waals surface area contributed by atoms with Crippen LogP contribution in [0.5, 0.6) is 11.5 Å². The first-order valence-corrected chi connectivity index (χ1v) is 14.1. The van der Waals surface area contributed by atoms with E-state index in [-0.39, 0.29) is 10.8 Å². The monoisotopic (exact) mass is 552 g/mol. The van der Waals surface area contributed by atoms with Gasteiger partial charge in [0.1, 0.15) is 11.5 Å². The number of rotatable bonds is 10. The molecule has 0 aliphatic rings. The molecule has 4 aromatic rings. The highest BCUT2D eigenvalue weighted by Crippen LogP contribution is 2.36. The van der Waals surface area contributed by atoms with Gasteiger partial charge in [0.2, 0.25) is 15.9 Å². The van der Waals surface area contributed by atoms with Crippen molar-refractivity contribution in [3.05, 3.63) is 72.8 Å². The molecule has 1 aromatic heterocycles. The van der Waals surface area contributed by atoms with Gasteiger partial charge in [0.25, 0.3) is 0 Å². The minimum absolute atomic E-state index is 0.0235. The number of hydrogen-bond acceptors (Lipinski definition) is 7. The number of aromatic amines is 1. The van der Waals surface area contributed by atoms with E-state index < -0.39 is 15.3 Å². The molecule has 38 heavy (non-hydrogen) atoms. The third-order valence-corrected chi connectivity index (χ3v) is 7.97. The number of nitrogens with zero attached hydrogens (tertiary/aromatic N) is 1. The number of H-pyrrole nitrogens is 1. The van der Waals surface area contributed by atoms with Crippen molar-refractivity contribution in [2.24, 2.45) is 5.14 Å². The Bertz CT molecular complexity index is 1440. The van der Waals surface area contributed by atoms with Gasteiger partial charge in [-0.15, -0.1) is 0 Å². The van der Waals surface area contributed by atoms with Gasteiger partial charge in [-0.3, -0.25) is 4.79 Å². The lowest BCUT2D eigenvalue weighted by Gasteiger charge is -2.13. The molecule has 11 heteroatoms. The third kappa shape index (κ3) is 6.36. The first-order chi connectivity index (χ1) is 18.2. The molecule has 0 bridgehead atoms. The van der Waals surface area contributed by atoms with Crippen molar-refractivity contribution < 1.29 is 22.7 Å². The average Bonchev–Trinajstić information content (AvgIpc) is 3.35. The zero-order valence-corrected chi connectivity index (χ0v) is 22.7. The molecule has 1 atom stereocenters. The Hall–Kier alpha value is -3.80. The molecular formula is C27H28N4O5S2. The second-order valence-corrected chi connectivity index (χ2v) is 11.0. The van der Waals surface area contributed by atoms with Gasteiger partial charge in [0.15, 0.2) is 5.16 Å². The van der Waals surface area contributed by atoms with Crippen LogP contribution in [0.4, 0.5) is 5.69 Å². The molecule has 0 aliphatic carbocycles. The third-order valence-electron chi connectivity index (χ3n) is 5.79. The Morgan fingerprint density at radius 3 is 2.00 bits per heavy atom. The highest BCUT2D eigenvalue weighted by Gasteiger charge is 2.22. The molecule has 0 fully saturated rings. The molecule has 3 aromatic carbocycles. The lowest BCUT2D eigenvalue weighted by Crippen LogP contribution is -2.24. The Kier molecular flexibility index (Phi) is 8.40. The fourth-order valence-corrected chi connectivity index (χ4v) is 5.16. The number of anilines is 1. The number of primary sulfonamides is 1. The number of sulfonamides is 1. The van der Waals surface area contributed by atoms with Crippen molar-refractivity contribution in [2.75, 3.05) is 19.5 Å². The van der Waals surface area contributed by atoms with E-state index in [1.54, 1.807) is 14.2 Å². The van der Waals surface area contributed by atoms with Crippen molar-refractivity contribution in [1.82, 2.24) is 9.97 Å². The zero-order valence-electron chi connectivity index (χ0n) is 21.1. The maximum absolute atomic E-state index is 13.1. The molecule has 4 rings (SSSR count). The Labute approximate surface area is 225 Å². The van der Waals surface area contributed by atoms with E-state index in [1.165, 1.54) is 36.0 Å². The number of nitrogens with one attached hydrogen (secondary N) is 2. The van der Waals surface area contributed by atoms with E-state index >= 15 is 0 Å². The van der Waals surface area contributed by atoms with Crippen molar-refractivity contribution in [3.63, 3.8) is 0 Å². The lowest BCUT2D eigenvalue weighted by molar-refractivity contribution is -0.115. The summed E-state index contributed by atoms with van der Waals surface area (Å²) in [6.07, 6.45) is 0.544. The van der Waals surface area contributed by atoms with Crippen molar-refractivity contribution in [2.45, 2.75) is 28.6 Å². The van der Waals surface area contributed by atoms with E-state index in [4.69, 9.17) is 19.6 Å². The highest BCUT2D eigenvalue weighted by molar-refractivity contribution is 8.00. The van der Waals surface area contributed by atoms with Crippen LogP contribution in [0.1, 0.15) is 13.3 Å². The zero-order chi connectivity index (χ0) is 27.3. The number of methoxy groups -OCH3 is 2. The van der Waals surface area contributed by atoms with E-state index in [9.17, 15) is 13.2 Å². The minimum atomic E-state index is -3.81. The summed E-state index contributed by atoms with van der Waals surface area (Å²) in [5, 5.41) is 8.13. The van der Waals surface area contributed by atoms with Crippen LogP contribution in [0, 0.1) is 0 Å². The second-order valence-electron chi connectivity index (χ2n) is 8.30. The van der Waals surface area contributed by atoms with Crippen LogP contribution in [0.2, 0.25) is 0 Å². The quantitative estimate of drug-likeness (QED) is 0.238. The van der Waals surface area contributed by atoms with Gasteiger partial charge in [-0.05, 0) is 79.2 Å². The van der Waals surface area contributed by atoms with E-state index in [2.05, 4.69) is 10.3 Å². The van der Waals surface area contributed by atoms with Gasteiger partial charge >= 0.3 is 0 Å². The number of nitrogens with two attached hydrogens (primary N) is 1. The van der Waals surface area contributed by atoms with Gasteiger partial charge in [-0.25, -0.2) is 18.5 Å². The largest absolute Gasteiger partial charge is 0.497 e. The summed E-state index contributed by atoms with van der Waals surface area (Å²) in [6.45, 7) is 1.92. The molecule has 0 saturated heterocycles. The predicted octanol–water partition coefficient (Wildman–Crippen LogP) is 4.92. The second kappa shape index (κ2) is 11.7. The number of amides is 1. The smallest absolute Gasteiger partial charge is 0.238 e. The van der Waals surface area contributed by atoms with Gasteiger partial charge < -0.3 is 19.8 Å². The first kappa shape index (κ1) is 27.2. The molecule has 1 unspecified atom stereocenters. The van der Waals surface area contributed by atoms with Crippen LogP contribution in [-0.4, -0.2) is 43.8 Å². The van der Waals surface area contributed by atoms with Crippen molar-refractivity contribution in [1.29, 1.82) is 0 Å². The number of imidazole rings is 1. The average molecular weight is 553 g/mol. The predicted molar refractivity (Wildman–Crippen MR) is 149 cm³/mol. The number of carbonyl (C=O) groups is 1. The normalized spacial score (nSPS) is 12.1. The molecule has 0 spiro atoms. The minimum Gasteiger partial charge on any atom is -0.497 e. The van der Waals surface area contributed by atoms with Gasteiger partial charge in [0.05, 0.1) is 35.8 Å². The Balaban J connectivity index is 1.60. The van der Waals surface area contributed by atoms with Crippen molar-refractivity contribution in [3.8, 4) is 34.0 Å². The summed E-state index contributed by atoms with van der Waals surface area (Å²) in [7, 11) is -0.574. The summed E-state index contributed by atoms with van der Waals surface area (Å²) >= 11 is 1.32. The fraction of sp³-hybridized carbons (Fsp3) is 0.185. The van der Waals surface area contributed by atoms with Crippen molar-refractivity contribution >= 4 is 33.4 Å². The number of hydrogen-bond donors (Lipinski definition) is 3. The van der Waals surface area contributed by atoms with Gasteiger partial charge in [-0.1, -0.05) is 18.7 Å². The molecule has 0 radical (unpaired) electrons. The van der Waals surface area contributed by atoms with Crippen LogP contribution >= 0.6 is 11.8 Å². The molecule has 0 aliphatic heterocycles. The van der Waals surface area contributed by atoms with Crippen LogP contribution in [-0.2, 0) is 14.8 Å². The van der Waals surface area contributed by atoms with Gasteiger partial charge in [-0.2, -0.15) is 0 Å².